The highest BCUT2D eigenvalue weighted by molar-refractivity contribution is 5.94. The Morgan fingerprint density at radius 1 is 0.857 bits per heavy atom. The molecule has 5 unspecified atom stereocenters. The summed E-state index contributed by atoms with van der Waals surface area (Å²) in [6.45, 7) is 11.2. The molecule has 0 heterocycles. The number of carboxylic acid groups (broad SMARTS) is 1. The van der Waals surface area contributed by atoms with Crippen LogP contribution in [-0.4, -0.2) is 53.0 Å². The second-order valence-corrected chi connectivity index (χ2v) is 9.92. The fourth-order valence-corrected chi connectivity index (χ4v) is 3.58. The molecule has 0 aliphatic rings. The lowest BCUT2D eigenvalue weighted by Crippen LogP contribution is -2.59. The largest absolute Gasteiger partial charge is 0.480 e. The van der Waals surface area contributed by atoms with Crippen LogP contribution in [-0.2, 0) is 25.6 Å². The quantitative estimate of drug-likeness (QED) is 0.268. The monoisotopic (exact) mass is 490 g/mol. The summed E-state index contributed by atoms with van der Waals surface area (Å²) in [5.74, 6) is -2.94. The van der Waals surface area contributed by atoms with Crippen molar-refractivity contribution in [2.75, 3.05) is 0 Å². The van der Waals surface area contributed by atoms with E-state index in [1.54, 1.807) is 38.1 Å². The van der Waals surface area contributed by atoms with Crippen molar-refractivity contribution in [3.63, 3.8) is 0 Å². The van der Waals surface area contributed by atoms with Gasteiger partial charge in [-0.25, -0.2) is 4.79 Å². The van der Waals surface area contributed by atoms with Crippen LogP contribution >= 0.6 is 0 Å². The summed E-state index contributed by atoms with van der Waals surface area (Å²) in [6, 6.07) is 5.25. The van der Waals surface area contributed by atoms with Crippen molar-refractivity contribution in [1.82, 2.24) is 16.0 Å². The Hall–Kier alpha value is -2.94. The van der Waals surface area contributed by atoms with E-state index in [1.165, 1.54) is 0 Å². The molecule has 0 aromatic heterocycles. The lowest BCUT2D eigenvalue weighted by molar-refractivity contribution is -0.142. The minimum absolute atomic E-state index is 0.0503. The molecular weight excluding hydrogens is 448 g/mol. The summed E-state index contributed by atoms with van der Waals surface area (Å²) in [7, 11) is 0. The van der Waals surface area contributed by atoms with Crippen LogP contribution in [0, 0.1) is 17.8 Å². The zero-order valence-corrected chi connectivity index (χ0v) is 21.7. The maximum atomic E-state index is 13.1. The molecule has 0 fully saturated rings. The molecule has 0 aliphatic heterocycles. The third-order valence-electron chi connectivity index (χ3n) is 6.04. The Morgan fingerprint density at radius 2 is 1.43 bits per heavy atom. The Morgan fingerprint density at radius 3 is 1.91 bits per heavy atom. The molecule has 3 amide bonds. The molecule has 35 heavy (non-hydrogen) atoms. The molecule has 9 heteroatoms. The predicted octanol–water partition coefficient (Wildman–Crippen LogP) is 1.84. The average Bonchev–Trinajstić information content (AvgIpc) is 2.80. The lowest BCUT2D eigenvalue weighted by atomic mass is 9.96. The summed E-state index contributed by atoms with van der Waals surface area (Å²) in [5, 5.41) is 17.7. The van der Waals surface area contributed by atoms with E-state index < -0.39 is 47.9 Å². The lowest BCUT2D eigenvalue weighted by Gasteiger charge is -2.28. The molecule has 0 radical (unpaired) electrons. The van der Waals surface area contributed by atoms with Crippen molar-refractivity contribution in [2.24, 2.45) is 23.5 Å². The number of nitrogens with two attached hydrogens (primary N) is 1. The zero-order chi connectivity index (χ0) is 26.7. The first-order chi connectivity index (χ1) is 16.4. The van der Waals surface area contributed by atoms with Crippen molar-refractivity contribution in [3.05, 3.63) is 35.9 Å². The number of carbonyl (C=O) groups excluding carboxylic acids is 3. The maximum absolute atomic E-state index is 13.1. The molecule has 0 saturated carbocycles. The summed E-state index contributed by atoms with van der Waals surface area (Å²) in [5.41, 5.74) is 6.79. The number of nitrogens with one attached hydrogen (secondary N) is 3. The molecule has 5 atom stereocenters. The minimum Gasteiger partial charge on any atom is -0.480 e. The van der Waals surface area contributed by atoms with Crippen LogP contribution in [0.4, 0.5) is 0 Å². The normalized spacial score (nSPS) is 15.6. The molecule has 196 valence electrons. The molecular formula is C26H42N4O5. The number of aliphatic carboxylic acids is 1. The topological polar surface area (TPSA) is 151 Å². The van der Waals surface area contributed by atoms with E-state index in [0.717, 1.165) is 12.0 Å². The molecule has 0 saturated heterocycles. The second-order valence-electron chi connectivity index (χ2n) is 9.92. The van der Waals surface area contributed by atoms with E-state index >= 15 is 0 Å². The van der Waals surface area contributed by atoms with Crippen LogP contribution in [0.1, 0.15) is 59.9 Å². The highest BCUT2D eigenvalue weighted by Gasteiger charge is 2.32. The van der Waals surface area contributed by atoms with E-state index in [2.05, 4.69) is 16.0 Å². The zero-order valence-electron chi connectivity index (χ0n) is 21.7. The molecule has 1 rings (SSSR count). The first-order valence-electron chi connectivity index (χ1n) is 12.3. The number of amides is 3. The number of carbonyl (C=O) groups is 4. The summed E-state index contributed by atoms with van der Waals surface area (Å²) in [6.07, 6.45) is 1.14. The third-order valence-corrected chi connectivity index (χ3v) is 6.04. The van der Waals surface area contributed by atoms with Gasteiger partial charge in [0, 0.05) is 6.42 Å². The van der Waals surface area contributed by atoms with Gasteiger partial charge >= 0.3 is 5.97 Å². The third kappa shape index (κ3) is 10.1. The van der Waals surface area contributed by atoms with Crippen molar-refractivity contribution < 1.29 is 24.3 Å². The van der Waals surface area contributed by atoms with Gasteiger partial charge in [0.1, 0.15) is 18.1 Å². The SMILES string of the molecule is CCC(C)C(N)C(=O)NC(C(=O)NC(CC(C)C)C(=O)NC(Cc1ccccc1)C(=O)O)C(C)C. The van der Waals surface area contributed by atoms with E-state index in [1.807, 2.05) is 33.8 Å². The van der Waals surface area contributed by atoms with Crippen molar-refractivity contribution in [1.29, 1.82) is 0 Å². The van der Waals surface area contributed by atoms with Crippen LogP contribution < -0.4 is 21.7 Å². The van der Waals surface area contributed by atoms with Gasteiger partial charge in [0.2, 0.25) is 17.7 Å². The number of benzene rings is 1. The predicted molar refractivity (Wildman–Crippen MR) is 135 cm³/mol. The first-order valence-corrected chi connectivity index (χ1v) is 12.3. The maximum Gasteiger partial charge on any atom is 0.326 e. The average molecular weight is 491 g/mol. The van der Waals surface area contributed by atoms with E-state index in [9.17, 15) is 24.3 Å². The van der Waals surface area contributed by atoms with Crippen LogP contribution in [0.25, 0.3) is 0 Å². The van der Waals surface area contributed by atoms with Crippen LogP contribution in [0.3, 0.4) is 0 Å². The van der Waals surface area contributed by atoms with Gasteiger partial charge in [0.25, 0.3) is 0 Å². The standard InChI is InChI=1S/C26H42N4O5/c1-7-17(6)21(27)24(32)30-22(16(4)5)25(33)28-19(13-15(2)3)23(31)29-20(26(34)35)14-18-11-9-8-10-12-18/h8-12,15-17,19-22H,7,13-14,27H2,1-6H3,(H,28,33)(H,29,31)(H,30,32)(H,34,35). The Kier molecular flexibility index (Phi) is 12.4. The molecule has 1 aromatic rings. The van der Waals surface area contributed by atoms with Crippen LogP contribution in [0.15, 0.2) is 30.3 Å². The van der Waals surface area contributed by atoms with Gasteiger partial charge in [-0.2, -0.15) is 0 Å². The fourth-order valence-electron chi connectivity index (χ4n) is 3.58. The molecule has 0 spiro atoms. The first kappa shape index (κ1) is 30.1. The Labute approximate surface area is 208 Å². The molecule has 1 aromatic carbocycles. The molecule has 0 bridgehead atoms. The summed E-state index contributed by atoms with van der Waals surface area (Å²) in [4.78, 5) is 50.6. The summed E-state index contributed by atoms with van der Waals surface area (Å²) < 4.78 is 0. The Bertz CT molecular complexity index is 843. The Balaban J connectivity index is 2.98. The van der Waals surface area contributed by atoms with E-state index in [0.29, 0.717) is 6.42 Å². The highest BCUT2D eigenvalue weighted by atomic mass is 16.4. The fraction of sp³-hybridized carbons (Fsp3) is 0.615. The smallest absolute Gasteiger partial charge is 0.326 e. The minimum atomic E-state index is -1.16. The van der Waals surface area contributed by atoms with Gasteiger partial charge in [0.05, 0.1) is 6.04 Å². The number of rotatable bonds is 14. The molecule has 0 aliphatic carbocycles. The van der Waals surface area contributed by atoms with Crippen molar-refractivity contribution >= 4 is 23.7 Å². The van der Waals surface area contributed by atoms with Crippen molar-refractivity contribution in [3.8, 4) is 0 Å². The van der Waals surface area contributed by atoms with Gasteiger partial charge in [-0.05, 0) is 29.7 Å². The summed E-state index contributed by atoms with van der Waals surface area (Å²) >= 11 is 0. The number of carboxylic acids is 1. The number of hydrogen-bond acceptors (Lipinski definition) is 5. The van der Waals surface area contributed by atoms with Gasteiger partial charge in [-0.3, -0.25) is 14.4 Å². The van der Waals surface area contributed by atoms with Gasteiger partial charge in [-0.15, -0.1) is 0 Å². The molecule has 6 N–H and O–H groups in total. The molecule has 9 nitrogen and oxygen atoms in total. The van der Waals surface area contributed by atoms with Crippen LogP contribution in [0.2, 0.25) is 0 Å². The second kappa shape index (κ2) is 14.5. The highest BCUT2D eigenvalue weighted by Crippen LogP contribution is 2.11. The van der Waals surface area contributed by atoms with Crippen LogP contribution in [0.5, 0.6) is 0 Å². The van der Waals surface area contributed by atoms with Gasteiger partial charge in [0.15, 0.2) is 0 Å². The number of hydrogen-bond donors (Lipinski definition) is 5. The van der Waals surface area contributed by atoms with Crippen molar-refractivity contribution in [2.45, 2.75) is 85.0 Å². The van der Waals surface area contributed by atoms with Gasteiger partial charge < -0.3 is 26.8 Å². The van der Waals surface area contributed by atoms with Gasteiger partial charge in [-0.1, -0.05) is 78.3 Å². The van der Waals surface area contributed by atoms with E-state index in [-0.39, 0.29) is 24.2 Å². The van der Waals surface area contributed by atoms with E-state index in [4.69, 9.17) is 5.73 Å².